The van der Waals surface area contributed by atoms with E-state index in [0.717, 1.165) is 49.8 Å². The second-order valence-electron chi connectivity index (χ2n) is 14.5. The number of fused-ring (bicyclic) bond motifs is 6. The van der Waals surface area contributed by atoms with Crippen molar-refractivity contribution < 1.29 is 4.42 Å². The van der Waals surface area contributed by atoms with Gasteiger partial charge in [0.25, 0.3) is 0 Å². The molecular formula is C54H35NO. The number of hydrogen-bond donors (Lipinski definition) is 0. The molecule has 0 aliphatic rings. The fourth-order valence-corrected chi connectivity index (χ4v) is 8.60. The van der Waals surface area contributed by atoms with Gasteiger partial charge < -0.3 is 8.98 Å². The van der Waals surface area contributed by atoms with Crippen molar-refractivity contribution in [2.75, 3.05) is 0 Å². The summed E-state index contributed by atoms with van der Waals surface area (Å²) in [4.78, 5) is 0. The average molecular weight is 714 g/mol. The van der Waals surface area contributed by atoms with Crippen LogP contribution in [0.15, 0.2) is 217 Å². The van der Waals surface area contributed by atoms with E-state index in [9.17, 15) is 0 Å². The lowest BCUT2D eigenvalue weighted by Gasteiger charge is -2.11. The van der Waals surface area contributed by atoms with Gasteiger partial charge in [0, 0.05) is 32.8 Å². The quantitative estimate of drug-likeness (QED) is 0.168. The zero-order valence-electron chi connectivity index (χ0n) is 30.6. The van der Waals surface area contributed by atoms with Crippen molar-refractivity contribution in [3.05, 3.63) is 212 Å². The van der Waals surface area contributed by atoms with Gasteiger partial charge in [0.1, 0.15) is 11.2 Å². The number of nitrogens with zero attached hydrogens (tertiary/aromatic N) is 1. The Morgan fingerprint density at radius 1 is 0.304 bits per heavy atom. The van der Waals surface area contributed by atoms with Gasteiger partial charge in [-0.15, -0.1) is 0 Å². The maximum absolute atomic E-state index is 6.50. The Labute approximate surface area is 325 Å². The third-order valence-electron chi connectivity index (χ3n) is 11.2. The van der Waals surface area contributed by atoms with Gasteiger partial charge in [-0.1, -0.05) is 182 Å². The minimum Gasteiger partial charge on any atom is -0.455 e. The first-order valence-corrected chi connectivity index (χ1v) is 19.2. The molecule has 2 aromatic heterocycles. The van der Waals surface area contributed by atoms with Gasteiger partial charge in [0.2, 0.25) is 0 Å². The number of benzene rings is 9. The van der Waals surface area contributed by atoms with Crippen molar-refractivity contribution in [3.8, 4) is 61.3 Å². The average Bonchev–Trinajstić information content (AvgIpc) is 3.83. The molecule has 0 saturated heterocycles. The molecule has 9 aromatic carbocycles. The number of aromatic nitrogens is 1. The van der Waals surface area contributed by atoms with Crippen LogP contribution in [0.3, 0.4) is 0 Å². The maximum atomic E-state index is 6.50. The molecule has 11 aromatic rings. The SMILES string of the molecule is c1ccc(-c2ccc(-c3cccc4c3c3c(-c5ccc(-c6ccccc6)cc5)cccc3n4-c3cccc(-c4cccc5c4oc4ccccc45)c3)cc2)cc1. The summed E-state index contributed by atoms with van der Waals surface area (Å²) in [5, 5.41) is 4.74. The molecule has 11 rings (SSSR count). The fraction of sp³-hybridized carbons (Fsp3) is 0. The largest absolute Gasteiger partial charge is 0.455 e. The van der Waals surface area contributed by atoms with Gasteiger partial charge >= 0.3 is 0 Å². The van der Waals surface area contributed by atoms with Crippen LogP contribution in [0, 0.1) is 0 Å². The normalized spacial score (nSPS) is 11.6. The summed E-state index contributed by atoms with van der Waals surface area (Å²) in [5.74, 6) is 0. The van der Waals surface area contributed by atoms with Crippen LogP contribution in [0.1, 0.15) is 0 Å². The molecule has 2 nitrogen and oxygen atoms in total. The van der Waals surface area contributed by atoms with Crippen LogP contribution >= 0.6 is 0 Å². The molecular weight excluding hydrogens is 679 g/mol. The molecule has 0 amide bonds. The standard InChI is InChI=1S/C54H35NO/c1-3-13-36(14-4-1)38-27-31-40(32-28-38)44-20-11-24-49-52(44)53-45(41-33-29-39(30-34-41)37-15-5-2-6-16-37)21-12-25-50(53)55(49)43-18-9-17-42(35-43)46-22-10-23-48-47-19-7-8-26-51(47)56-54(46)48/h1-35H. The summed E-state index contributed by atoms with van der Waals surface area (Å²) >= 11 is 0. The molecule has 0 N–H and O–H groups in total. The first kappa shape index (κ1) is 32.0. The van der Waals surface area contributed by atoms with E-state index in [4.69, 9.17) is 4.42 Å². The van der Waals surface area contributed by atoms with Crippen molar-refractivity contribution in [2.45, 2.75) is 0 Å². The molecule has 0 spiro atoms. The second-order valence-corrected chi connectivity index (χ2v) is 14.5. The molecule has 2 heterocycles. The Morgan fingerprint density at radius 3 is 1.36 bits per heavy atom. The van der Waals surface area contributed by atoms with E-state index in [1.165, 1.54) is 55.3 Å². The molecule has 0 saturated carbocycles. The van der Waals surface area contributed by atoms with Crippen molar-refractivity contribution >= 4 is 43.7 Å². The third kappa shape index (κ3) is 5.26. The van der Waals surface area contributed by atoms with E-state index in [1.807, 2.05) is 12.1 Å². The molecule has 56 heavy (non-hydrogen) atoms. The number of hydrogen-bond acceptors (Lipinski definition) is 1. The molecule has 0 unspecified atom stereocenters. The Bertz CT molecular complexity index is 3070. The third-order valence-corrected chi connectivity index (χ3v) is 11.2. The van der Waals surface area contributed by atoms with Crippen LogP contribution in [0.25, 0.3) is 105 Å². The number of rotatable bonds is 6. The Balaban J connectivity index is 1.13. The van der Waals surface area contributed by atoms with E-state index in [0.29, 0.717) is 0 Å². The van der Waals surface area contributed by atoms with Crippen molar-refractivity contribution in [1.29, 1.82) is 0 Å². The summed E-state index contributed by atoms with van der Waals surface area (Å²) in [6, 6.07) is 76.4. The number of para-hydroxylation sites is 2. The van der Waals surface area contributed by atoms with Gasteiger partial charge in [-0.2, -0.15) is 0 Å². The van der Waals surface area contributed by atoms with E-state index in [1.54, 1.807) is 0 Å². The maximum Gasteiger partial charge on any atom is 0.143 e. The highest BCUT2D eigenvalue weighted by Crippen LogP contribution is 2.44. The van der Waals surface area contributed by atoms with Crippen LogP contribution in [0.2, 0.25) is 0 Å². The van der Waals surface area contributed by atoms with Crippen molar-refractivity contribution in [3.63, 3.8) is 0 Å². The zero-order chi connectivity index (χ0) is 37.0. The number of furan rings is 1. The van der Waals surface area contributed by atoms with E-state index >= 15 is 0 Å². The fourth-order valence-electron chi connectivity index (χ4n) is 8.60. The van der Waals surface area contributed by atoms with Crippen LogP contribution in [0.5, 0.6) is 0 Å². The molecule has 0 aliphatic heterocycles. The summed E-state index contributed by atoms with van der Waals surface area (Å²) in [7, 11) is 0. The summed E-state index contributed by atoms with van der Waals surface area (Å²) in [6.45, 7) is 0. The second kappa shape index (κ2) is 13.2. The van der Waals surface area contributed by atoms with Gasteiger partial charge in [0.05, 0.1) is 11.0 Å². The lowest BCUT2D eigenvalue weighted by Crippen LogP contribution is -1.94. The summed E-state index contributed by atoms with van der Waals surface area (Å²) in [6.07, 6.45) is 0. The van der Waals surface area contributed by atoms with Gasteiger partial charge in [-0.3, -0.25) is 0 Å². The summed E-state index contributed by atoms with van der Waals surface area (Å²) < 4.78 is 8.95. The monoisotopic (exact) mass is 713 g/mol. The van der Waals surface area contributed by atoms with Crippen molar-refractivity contribution in [1.82, 2.24) is 4.57 Å². The summed E-state index contributed by atoms with van der Waals surface area (Å²) in [5.41, 5.74) is 17.1. The van der Waals surface area contributed by atoms with Gasteiger partial charge in [-0.05, 0) is 80.4 Å². The van der Waals surface area contributed by atoms with Crippen LogP contribution in [-0.4, -0.2) is 4.57 Å². The Hall–Kier alpha value is -7.42. The highest BCUT2D eigenvalue weighted by Gasteiger charge is 2.20. The highest BCUT2D eigenvalue weighted by atomic mass is 16.3. The smallest absolute Gasteiger partial charge is 0.143 e. The molecule has 0 atom stereocenters. The van der Waals surface area contributed by atoms with Gasteiger partial charge in [0.15, 0.2) is 0 Å². The molecule has 0 bridgehead atoms. The topological polar surface area (TPSA) is 18.1 Å². The zero-order valence-corrected chi connectivity index (χ0v) is 30.6. The lowest BCUT2D eigenvalue weighted by atomic mass is 9.93. The minimum atomic E-state index is 0.905. The Kier molecular flexibility index (Phi) is 7.53. The first-order valence-electron chi connectivity index (χ1n) is 19.2. The Morgan fingerprint density at radius 2 is 0.750 bits per heavy atom. The molecule has 0 fully saturated rings. The lowest BCUT2D eigenvalue weighted by molar-refractivity contribution is 0.670. The molecule has 2 heteroatoms. The molecule has 0 aliphatic carbocycles. The van der Waals surface area contributed by atoms with Crippen LogP contribution in [-0.2, 0) is 0 Å². The predicted molar refractivity (Wildman–Crippen MR) is 235 cm³/mol. The first-order chi connectivity index (χ1) is 27.8. The van der Waals surface area contributed by atoms with E-state index < -0.39 is 0 Å². The van der Waals surface area contributed by atoms with Crippen LogP contribution < -0.4 is 0 Å². The molecule has 0 radical (unpaired) electrons. The van der Waals surface area contributed by atoms with E-state index in [2.05, 4.69) is 205 Å². The molecule has 262 valence electrons. The van der Waals surface area contributed by atoms with Crippen molar-refractivity contribution in [2.24, 2.45) is 0 Å². The van der Waals surface area contributed by atoms with Crippen LogP contribution in [0.4, 0.5) is 0 Å². The van der Waals surface area contributed by atoms with E-state index in [-0.39, 0.29) is 0 Å². The minimum absolute atomic E-state index is 0.905. The predicted octanol–water partition coefficient (Wildman–Crippen LogP) is 15.0. The highest BCUT2D eigenvalue weighted by molar-refractivity contribution is 6.21. The van der Waals surface area contributed by atoms with Gasteiger partial charge in [-0.25, -0.2) is 0 Å².